The SMILES string of the molecule is COc1ccc(-c2csc(NC(=O)c3ccc(Br)c([N+](=O)[O-])c3)n2)cc1. The quantitative estimate of drug-likeness (QED) is 0.462. The number of benzene rings is 2. The maximum Gasteiger partial charge on any atom is 0.284 e. The van der Waals surface area contributed by atoms with Crippen LogP contribution in [0, 0.1) is 10.1 Å². The second kappa shape index (κ2) is 7.63. The summed E-state index contributed by atoms with van der Waals surface area (Å²) < 4.78 is 5.44. The molecule has 0 aliphatic rings. The van der Waals surface area contributed by atoms with Crippen molar-refractivity contribution in [1.29, 1.82) is 0 Å². The number of carbonyl (C=O) groups excluding carboxylic acids is 1. The van der Waals surface area contributed by atoms with Crippen molar-refractivity contribution in [2.45, 2.75) is 0 Å². The zero-order chi connectivity index (χ0) is 18.7. The number of anilines is 1. The minimum absolute atomic E-state index is 0.171. The first-order chi connectivity index (χ1) is 12.5. The first kappa shape index (κ1) is 18.0. The monoisotopic (exact) mass is 433 g/mol. The smallest absolute Gasteiger partial charge is 0.284 e. The summed E-state index contributed by atoms with van der Waals surface area (Å²) in [5, 5.41) is 15.9. The number of nitro benzene ring substituents is 1. The fraction of sp³-hybridized carbons (Fsp3) is 0.0588. The zero-order valence-electron chi connectivity index (χ0n) is 13.4. The molecule has 2 aromatic carbocycles. The van der Waals surface area contributed by atoms with Gasteiger partial charge in [-0.2, -0.15) is 0 Å². The van der Waals surface area contributed by atoms with E-state index in [9.17, 15) is 14.9 Å². The van der Waals surface area contributed by atoms with Crippen LogP contribution in [0.2, 0.25) is 0 Å². The van der Waals surface area contributed by atoms with Gasteiger partial charge in [0.25, 0.3) is 11.6 Å². The van der Waals surface area contributed by atoms with E-state index < -0.39 is 10.8 Å². The number of ether oxygens (including phenoxy) is 1. The molecule has 0 saturated carbocycles. The van der Waals surface area contributed by atoms with Gasteiger partial charge in [-0.3, -0.25) is 20.2 Å². The number of methoxy groups -OCH3 is 1. The van der Waals surface area contributed by atoms with Crippen LogP contribution in [0.5, 0.6) is 5.75 Å². The lowest BCUT2D eigenvalue weighted by Gasteiger charge is -2.03. The molecule has 3 aromatic rings. The highest BCUT2D eigenvalue weighted by atomic mass is 79.9. The Morgan fingerprint density at radius 1 is 1.27 bits per heavy atom. The fourth-order valence-corrected chi connectivity index (χ4v) is 3.29. The van der Waals surface area contributed by atoms with Crippen LogP contribution < -0.4 is 10.1 Å². The fourth-order valence-electron chi connectivity index (χ4n) is 2.19. The van der Waals surface area contributed by atoms with Crippen LogP contribution in [0.15, 0.2) is 52.3 Å². The van der Waals surface area contributed by atoms with Crippen molar-refractivity contribution in [3.63, 3.8) is 0 Å². The van der Waals surface area contributed by atoms with Crippen molar-refractivity contribution in [3.8, 4) is 17.0 Å². The lowest BCUT2D eigenvalue weighted by atomic mass is 10.2. The molecule has 0 aliphatic heterocycles. The molecule has 26 heavy (non-hydrogen) atoms. The number of carbonyl (C=O) groups is 1. The first-order valence-electron chi connectivity index (χ1n) is 7.33. The van der Waals surface area contributed by atoms with Gasteiger partial charge in [-0.05, 0) is 52.3 Å². The van der Waals surface area contributed by atoms with E-state index in [1.807, 2.05) is 29.6 Å². The lowest BCUT2D eigenvalue weighted by Crippen LogP contribution is -2.12. The summed E-state index contributed by atoms with van der Waals surface area (Å²) in [6, 6.07) is 11.6. The van der Waals surface area contributed by atoms with Gasteiger partial charge in [-0.1, -0.05) is 0 Å². The van der Waals surface area contributed by atoms with E-state index in [0.717, 1.165) is 17.0 Å². The van der Waals surface area contributed by atoms with Crippen molar-refractivity contribution in [2.75, 3.05) is 12.4 Å². The third kappa shape index (κ3) is 3.89. The highest BCUT2D eigenvalue weighted by Crippen LogP contribution is 2.28. The molecule has 0 fully saturated rings. The molecule has 0 saturated heterocycles. The van der Waals surface area contributed by atoms with Gasteiger partial charge in [0.15, 0.2) is 5.13 Å². The van der Waals surface area contributed by atoms with Crippen LogP contribution in [0.1, 0.15) is 10.4 Å². The molecular formula is C17H12BrN3O4S. The average molecular weight is 434 g/mol. The predicted octanol–water partition coefficient (Wildman–Crippen LogP) is 4.74. The van der Waals surface area contributed by atoms with Crippen molar-refractivity contribution in [2.24, 2.45) is 0 Å². The topological polar surface area (TPSA) is 94.4 Å². The lowest BCUT2D eigenvalue weighted by molar-refractivity contribution is -0.385. The van der Waals surface area contributed by atoms with Gasteiger partial charge in [-0.15, -0.1) is 11.3 Å². The Bertz CT molecular complexity index is 972. The molecule has 0 aliphatic carbocycles. The zero-order valence-corrected chi connectivity index (χ0v) is 15.8. The number of thiazole rings is 1. The Hall–Kier alpha value is -2.78. The molecule has 0 unspecified atom stereocenters. The summed E-state index contributed by atoms with van der Waals surface area (Å²) in [4.78, 5) is 27.1. The third-order valence-corrected chi connectivity index (χ3v) is 4.94. The summed E-state index contributed by atoms with van der Waals surface area (Å²) in [6.45, 7) is 0. The van der Waals surface area contributed by atoms with E-state index >= 15 is 0 Å². The van der Waals surface area contributed by atoms with Gasteiger partial charge in [0.05, 0.1) is 22.2 Å². The molecule has 0 atom stereocenters. The number of aromatic nitrogens is 1. The molecule has 7 nitrogen and oxygen atoms in total. The van der Waals surface area contributed by atoms with Crippen molar-refractivity contribution < 1.29 is 14.5 Å². The van der Waals surface area contributed by atoms with E-state index in [-0.39, 0.29) is 11.3 Å². The Labute approximate surface area is 160 Å². The minimum atomic E-state index is -0.550. The summed E-state index contributed by atoms with van der Waals surface area (Å²) >= 11 is 4.37. The average Bonchev–Trinajstić information content (AvgIpc) is 3.10. The van der Waals surface area contributed by atoms with Gasteiger partial charge in [0.1, 0.15) is 5.75 Å². The highest BCUT2D eigenvalue weighted by Gasteiger charge is 2.17. The van der Waals surface area contributed by atoms with Crippen LogP contribution in [0.25, 0.3) is 11.3 Å². The van der Waals surface area contributed by atoms with E-state index in [1.165, 1.54) is 29.5 Å². The number of hydrogen-bond acceptors (Lipinski definition) is 6. The number of nitrogens with one attached hydrogen (secondary N) is 1. The Balaban J connectivity index is 1.77. The summed E-state index contributed by atoms with van der Waals surface area (Å²) in [5.74, 6) is 0.283. The second-order valence-electron chi connectivity index (χ2n) is 5.14. The van der Waals surface area contributed by atoms with E-state index in [0.29, 0.717) is 9.60 Å². The standard InChI is InChI=1S/C17H12BrN3O4S/c1-25-12-5-2-10(3-6-12)14-9-26-17(19-14)20-16(22)11-4-7-13(18)15(8-11)21(23)24/h2-9H,1H3,(H,19,20,22). The molecule has 132 valence electrons. The normalized spacial score (nSPS) is 10.4. The van der Waals surface area contributed by atoms with E-state index in [1.54, 1.807) is 7.11 Å². The molecule has 9 heteroatoms. The molecule has 0 spiro atoms. The molecule has 1 amide bonds. The summed E-state index contributed by atoms with van der Waals surface area (Å²) in [5.41, 5.74) is 1.62. The largest absolute Gasteiger partial charge is 0.497 e. The maximum atomic E-state index is 12.3. The molecule has 3 rings (SSSR count). The molecule has 0 radical (unpaired) electrons. The minimum Gasteiger partial charge on any atom is -0.497 e. The number of hydrogen-bond donors (Lipinski definition) is 1. The Morgan fingerprint density at radius 3 is 2.65 bits per heavy atom. The summed E-state index contributed by atoms with van der Waals surface area (Å²) in [7, 11) is 1.60. The van der Waals surface area contributed by atoms with Crippen LogP contribution in [0.3, 0.4) is 0 Å². The van der Waals surface area contributed by atoms with Crippen molar-refractivity contribution in [3.05, 3.63) is 68.0 Å². The maximum absolute atomic E-state index is 12.3. The van der Waals surface area contributed by atoms with Gasteiger partial charge in [-0.25, -0.2) is 4.98 Å². The number of amides is 1. The van der Waals surface area contributed by atoms with Crippen molar-refractivity contribution in [1.82, 2.24) is 4.98 Å². The highest BCUT2D eigenvalue weighted by molar-refractivity contribution is 9.10. The number of nitro groups is 1. The molecular weight excluding hydrogens is 422 g/mol. The Kier molecular flexibility index (Phi) is 5.29. The van der Waals surface area contributed by atoms with Crippen LogP contribution >= 0.6 is 27.3 Å². The van der Waals surface area contributed by atoms with Crippen LogP contribution in [-0.4, -0.2) is 22.9 Å². The van der Waals surface area contributed by atoms with E-state index in [2.05, 4.69) is 26.2 Å². The summed E-state index contributed by atoms with van der Waals surface area (Å²) in [6.07, 6.45) is 0. The van der Waals surface area contributed by atoms with Gasteiger partial charge < -0.3 is 4.74 Å². The number of halogens is 1. The van der Waals surface area contributed by atoms with E-state index in [4.69, 9.17) is 4.74 Å². The molecule has 1 N–H and O–H groups in total. The van der Waals surface area contributed by atoms with Gasteiger partial charge in [0, 0.05) is 22.6 Å². The predicted molar refractivity (Wildman–Crippen MR) is 103 cm³/mol. The molecule has 0 bridgehead atoms. The molecule has 1 heterocycles. The number of nitrogens with zero attached hydrogens (tertiary/aromatic N) is 2. The molecule has 1 aromatic heterocycles. The third-order valence-electron chi connectivity index (χ3n) is 3.52. The number of rotatable bonds is 5. The second-order valence-corrected chi connectivity index (χ2v) is 6.86. The Morgan fingerprint density at radius 2 is 2.00 bits per heavy atom. The van der Waals surface area contributed by atoms with Crippen LogP contribution in [0.4, 0.5) is 10.8 Å². The van der Waals surface area contributed by atoms with Gasteiger partial charge >= 0.3 is 0 Å². The van der Waals surface area contributed by atoms with Crippen molar-refractivity contribution >= 4 is 44.0 Å². The van der Waals surface area contributed by atoms with Crippen LogP contribution in [-0.2, 0) is 0 Å². The van der Waals surface area contributed by atoms with Gasteiger partial charge in [0.2, 0.25) is 0 Å². The first-order valence-corrected chi connectivity index (χ1v) is 9.00.